The third-order valence-electron chi connectivity index (χ3n) is 5.34. The minimum absolute atomic E-state index is 0.132. The summed E-state index contributed by atoms with van der Waals surface area (Å²) in [7, 11) is 0. The van der Waals surface area contributed by atoms with Crippen LogP contribution in [-0.4, -0.2) is 29.7 Å². The van der Waals surface area contributed by atoms with Crippen LogP contribution in [0.4, 0.5) is 14.9 Å². The van der Waals surface area contributed by atoms with E-state index in [0.29, 0.717) is 28.9 Å². The summed E-state index contributed by atoms with van der Waals surface area (Å²) in [6.07, 6.45) is 0.616. The maximum Gasteiger partial charge on any atom is 0.408 e. The third kappa shape index (κ3) is 5.72. The van der Waals surface area contributed by atoms with Crippen LogP contribution in [0.2, 0.25) is 0 Å². The Morgan fingerprint density at radius 1 is 1.21 bits per heavy atom. The van der Waals surface area contributed by atoms with Gasteiger partial charge in [0.1, 0.15) is 18.5 Å². The number of fused-ring (bicyclic) bond motifs is 4. The van der Waals surface area contributed by atoms with Crippen LogP contribution in [-0.2, 0) is 20.9 Å². The number of ether oxygens (including phenoxy) is 2. The summed E-state index contributed by atoms with van der Waals surface area (Å²) in [6.45, 7) is 1.98. The monoisotopic (exact) mass is 449 g/mol. The van der Waals surface area contributed by atoms with Gasteiger partial charge in [0.15, 0.2) is 0 Å². The van der Waals surface area contributed by atoms with E-state index < -0.39 is 24.1 Å². The number of alkyl carbamates (subject to hydrolysis) is 1. The van der Waals surface area contributed by atoms with Crippen LogP contribution < -0.4 is 10.6 Å². The molecule has 33 heavy (non-hydrogen) atoms. The maximum absolute atomic E-state index is 14.0. The Kier molecular flexibility index (Phi) is 6.95. The quantitative estimate of drug-likeness (QED) is 0.610. The number of carbonyl (C=O) groups excluding carboxylic acids is 2. The molecule has 0 saturated carbocycles. The molecule has 2 atom stereocenters. The fourth-order valence-corrected chi connectivity index (χ4v) is 3.54. The molecule has 170 valence electrons. The van der Waals surface area contributed by atoms with Gasteiger partial charge in [-0.1, -0.05) is 30.3 Å². The Morgan fingerprint density at radius 3 is 2.85 bits per heavy atom. The van der Waals surface area contributed by atoms with Crippen LogP contribution >= 0.6 is 0 Å². The molecule has 0 radical (unpaired) electrons. The highest BCUT2D eigenvalue weighted by molar-refractivity contribution is 5.97. The second-order valence-corrected chi connectivity index (χ2v) is 7.71. The molecule has 0 fully saturated rings. The normalized spacial score (nSPS) is 18.2. The molecule has 2 N–H and O–H groups in total. The Labute approximate surface area is 190 Å². The van der Waals surface area contributed by atoms with Gasteiger partial charge in [-0.3, -0.25) is 9.78 Å². The summed E-state index contributed by atoms with van der Waals surface area (Å²) >= 11 is 0. The molecule has 1 aliphatic heterocycles. The molecular weight excluding hydrogens is 425 g/mol. The average molecular weight is 449 g/mol. The predicted octanol–water partition coefficient (Wildman–Crippen LogP) is 4.60. The SMILES string of the molecule is CC1OCC[C@H](NC(=O)OCc2ccccc2)c2cc(ccn2)-c2cc(F)ccc2NC1=O. The molecule has 0 saturated heterocycles. The zero-order valence-corrected chi connectivity index (χ0v) is 18.1. The summed E-state index contributed by atoms with van der Waals surface area (Å²) < 4.78 is 25.1. The largest absolute Gasteiger partial charge is 0.445 e. The van der Waals surface area contributed by atoms with Crippen LogP contribution in [0.3, 0.4) is 0 Å². The Hall–Kier alpha value is -3.78. The van der Waals surface area contributed by atoms with Gasteiger partial charge >= 0.3 is 6.09 Å². The molecular formula is C25H24FN3O4. The van der Waals surface area contributed by atoms with Gasteiger partial charge in [0, 0.05) is 24.1 Å². The summed E-state index contributed by atoms with van der Waals surface area (Å²) in [6, 6.07) is 16.5. The number of pyridine rings is 1. The first kappa shape index (κ1) is 22.4. The van der Waals surface area contributed by atoms with Crippen molar-refractivity contribution in [2.75, 3.05) is 11.9 Å². The summed E-state index contributed by atoms with van der Waals surface area (Å²) in [5.74, 6) is -0.776. The number of hydrogen-bond donors (Lipinski definition) is 2. The average Bonchev–Trinajstić information content (AvgIpc) is 2.83. The smallest absolute Gasteiger partial charge is 0.408 e. The molecule has 4 rings (SSSR count). The lowest BCUT2D eigenvalue weighted by molar-refractivity contribution is -0.126. The van der Waals surface area contributed by atoms with Gasteiger partial charge in [0.05, 0.1) is 11.7 Å². The van der Waals surface area contributed by atoms with E-state index in [1.54, 1.807) is 25.3 Å². The molecule has 1 aromatic heterocycles. The fraction of sp³-hybridized carbons (Fsp3) is 0.240. The summed E-state index contributed by atoms with van der Waals surface area (Å²) in [4.78, 5) is 29.5. The first-order chi connectivity index (χ1) is 16.0. The van der Waals surface area contributed by atoms with E-state index in [-0.39, 0.29) is 19.1 Å². The highest BCUT2D eigenvalue weighted by Crippen LogP contribution is 2.31. The lowest BCUT2D eigenvalue weighted by Gasteiger charge is -2.22. The standard InChI is InChI=1S/C25H24FN3O4/c1-16-24(30)28-21-8-7-19(26)14-20(21)18-9-11-27-23(13-18)22(10-12-32-16)29-25(31)33-15-17-5-3-2-4-6-17/h2-9,11,13-14,16,22H,10,12,15H2,1H3,(H,28,30)(H,29,31)/t16?,22-/m0/s1. The van der Waals surface area contributed by atoms with Gasteiger partial charge in [-0.05, 0) is 54.8 Å². The number of anilines is 1. The Bertz CT molecular complexity index is 1140. The molecule has 2 amide bonds. The van der Waals surface area contributed by atoms with E-state index in [9.17, 15) is 14.0 Å². The number of rotatable bonds is 3. The molecule has 8 heteroatoms. The van der Waals surface area contributed by atoms with Crippen molar-refractivity contribution in [3.63, 3.8) is 0 Å². The van der Waals surface area contributed by atoms with E-state index in [4.69, 9.17) is 9.47 Å². The summed E-state index contributed by atoms with van der Waals surface area (Å²) in [5, 5.41) is 5.63. The summed E-state index contributed by atoms with van der Waals surface area (Å²) in [5.41, 5.74) is 3.07. The van der Waals surface area contributed by atoms with Crippen molar-refractivity contribution in [1.82, 2.24) is 10.3 Å². The zero-order valence-electron chi connectivity index (χ0n) is 18.1. The van der Waals surface area contributed by atoms with Gasteiger partial charge in [-0.15, -0.1) is 0 Å². The van der Waals surface area contributed by atoms with Crippen LogP contribution in [0, 0.1) is 5.82 Å². The van der Waals surface area contributed by atoms with Gasteiger partial charge in [-0.25, -0.2) is 9.18 Å². The molecule has 0 aliphatic carbocycles. The second kappa shape index (κ2) is 10.2. The number of hydrogen-bond acceptors (Lipinski definition) is 5. The third-order valence-corrected chi connectivity index (χ3v) is 5.34. The number of nitrogens with one attached hydrogen (secondary N) is 2. The minimum Gasteiger partial charge on any atom is -0.445 e. The van der Waals surface area contributed by atoms with Crippen molar-refractivity contribution in [2.24, 2.45) is 0 Å². The number of benzene rings is 2. The van der Waals surface area contributed by atoms with Gasteiger partial charge in [-0.2, -0.15) is 0 Å². The molecule has 0 spiro atoms. The molecule has 2 bridgehead atoms. The fourth-order valence-electron chi connectivity index (χ4n) is 3.54. The van der Waals surface area contributed by atoms with Crippen molar-refractivity contribution in [3.8, 4) is 11.1 Å². The number of nitrogens with zero attached hydrogens (tertiary/aromatic N) is 1. The highest BCUT2D eigenvalue weighted by atomic mass is 19.1. The second-order valence-electron chi connectivity index (χ2n) is 7.71. The molecule has 1 unspecified atom stereocenters. The van der Waals surface area contributed by atoms with Crippen LogP contribution in [0.25, 0.3) is 11.1 Å². The van der Waals surface area contributed by atoms with Gasteiger partial charge < -0.3 is 20.1 Å². The van der Waals surface area contributed by atoms with E-state index in [2.05, 4.69) is 15.6 Å². The lowest BCUT2D eigenvalue weighted by atomic mass is 10.0. The topological polar surface area (TPSA) is 89.6 Å². The Balaban J connectivity index is 1.60. The number of aromatic nitrogens is 1. The lowest BCUT2D eigenvalue weighted by Crippen LogP contribution is -2.32. The van der Waals surface area contributed by atoms with Crippen molar-refractivity contribution in [2.45, 2.75) is 32.1 Å². The number of halogens is 1. The van der Waals surface area contributed by atoms with Crippen molar-refractivity contribution >= 4 is 17.7 Å². The molecule has 3 aromatic rings. The first-order valence-electron chi connectivity index (χ1n) is 10.6. The van der Waals surface area contributed by atoms with Crippen molar-refractivity contribution < 1.29 is 23.5 Å². The number of amides is 2. The van der Waals surface area contributed by atoms with E-state index in [0.717, 1.165) is 5.56 Å². The number of carbonyl (C=O) groups is 2. The highest BCUT2D eigenvalue weighted by Gasteiger charge is 2.22. The molecule has 2 aromatic carbocycles. The van der Waals surface area contributed by atoms with Crippen LogP contribution in [0.15, 0.2) is 66.9 Å². The van der Waals surface area contributed by atoms with Gasteiger partial charge in [0.2, 0.25) is 0 Å². The van der Waals surface area contributed by atoms with E-state index in [1.165, 1.54) is 18.2 Å². The first-order valence-corrected chi connectivity index (χ1v) is 10.6. The van der Waals surface area contributed by atoms with Gasteiger partial charge in [0.25, 0.3) is 5.91 Å². The maximum atomic E-state index is 14.0. The molecule has 1 aliphatic rings. The Morgan fingerprint density at radius 2 is 2.03 bits per heavy atom. The van der Waals surface area contributed by atoms with E-state index in [1.807, 2.05) is 30.3 Å². The molecule has 7 nitrogen and oxygen atoms in total. The zero-order chi connectivity index (χ0) is 23.2. The van der Waals surface area contributed by atoms with Crippen molar-refractivity contribution in [3.05, 3.63) is 83.9 Å². The van der Waals surface area contributed by atoms with E-state index >= 15 is 0 Å². The predicted molar refractivity (Wildman–Crippen MR) is 121 cm³/mol. The van der Waals surface area contributed by atoms with Crippen LogP contribution in [0.5, 0.6) is 0 Å². The van der Waals surface area contributed by atoms with Crippen LogP contribution in [0.1, 0.15) is 30.6 Å². The van der Waals surface area contributed by atoms with Crippen molar-refractivity contribution in [1.29, 1.82) is 0 Å². The minimum atomic E-state index is -0.737. The molecule has 2 heterocycles.